The fourth-order valence-electron chi connectivity index (χ4n) is 3.74. The van der Waals surface area contributed by atoms with Crippen molar-refractivity contribution in [1.29, 1.82) is 0 Å². The van der Waals surface area contributed by atoms with Gasteiger partial charge in [0.25, 0.3) is 0 Å². The van der Waals surface area contributed by atoms with Crippen LogP contribution >= 0.6 is 24.0 Å². The SMILES string of the molecule is CCc1cccc(NC(N)=NCC2(c3ccccc3C)CCOCC2)c1.I. The van der Waals surface area contributed by atoms with Crippen molar-refractivity contribution in [2.45, 2.75) is 38.5 Å². The van der Waals surface area contributed by atoms with Crippen LogP contribution in [0, 0.1) is 6.92 Å². The summed E-state index contributed by atoms with van der Waals surface area (Å²) in [7, 11) is 0. The van der Waals surface area contributed by atoms with Crippen LogP contribution < -0.4 is 11.1 Å². The Morgan fingerprint density at radius 2 is 1.89 bits per heavy atom. The largest absolute Gasteiger partial charge is 0.381 e. The highest BCUT2D eigenvalue weighted by Crippen LogP contribution is 2.37. The van der Waals surface area contributed by atoms with E-state index in [1.807, 2.05) is 12.1 Å². The van der Waals surface area contributed by atoms with E-state index in [1.165, 1.54) is 16.7 Å². The highest BCUT2D eigenvalue weighted by molar-refractivity contribution is 14.0. The molecule has 1 fully saturated rings. The van der Waals surface area contributed by atoms with Crippen LogP contribution in [-0.2, 0) is 16.6 Å². The van der Waals surface area contributed by atoms with Gasteiger partial charge in [-0.25, -0.2) is 0 Å². The lowest BCUT2D eigenvalue weighted by molar-refractivity contribution is 0.0529. The lowest BCUT2D eigenvalue weighted by Gasteiger charge is -2.37. The van der Waals surface area contributed by atoms with Gasteiger partial charge >= 0.3 is 0 Å². The first-order valence-electron chi connectivity index (χ1n) is 9.43. The molecule has 1 aliphatic rings. The molecular formula is C22H30IN3O. The van der Waals surface area contributed by atoms with Crippen molar-refractivity contribution in [2.24, 2.45) is 10.7 Å². The molecule has 5 heteroatoms. The number of halogens is 1. The Kier molecular flexibility index (Phi) is 8.10. The van der Waals surface area contributed by atoms with Gasteiger partial charge in [0.2, 0.25) is 0 Å². The zero-order valence-electron chi connectivity index (χ0n) is 16.2. The number of rotatable bonds is 5. The summed E-state index contributed by atoms with van der Waals surface area (Å²) < 4.78 is 5.62. The molecule has 2 aromatic rings. The Hall–Kier alpha value is -1.60. The van der Waals surface area contributed by atoms with Gasteiger partial charge in [0.15, 0.2) is 5.96 Å². The summed E-state index contributed by atoms with van der Waals surface area (Å²) >= 11 is 0. The van der Waals surface area contributed by atoms with Crippen LogP contribution in [0.1, 0.15) is 36.5 Å². The summed E-state index contributed by atoms with van der Waals surface area (Å²) in [6.07, 6.45) is 2.95. The summed E-state index contributed by atoms with van der Waals surface area (Å²) in [6.45, 7) is 6.54. The average Bonchev–Trinajstić information content (AvgIpc) is 2.67. The highest BCUT2D eigenvalue weighted by atomic mass is 127. The molecule has 2 aromatic carbocycles. The van der Waals surface area contributed by atoms with E-state index in [1.54, 1.807) is 0 Å². The summed E-state index contributed by atoms with van der Waals surface area (Å²) in [4.78, 5) is 4.72. The molecule has 0 bridgehead atoms. The third-order valence-corrected chi connectivity index (χ3v) is 5.33. The molecule has 0 aromatic heterocycles. The van der Waals surface area contributed by atoms with E-state index in [0.29, 0.717) is 12.5 Å². The first kappa shape index (κ1) is 21.7. The Labute approximate surface area is 179 Å². The molecule has 146 valence electrons. The first-order chi connectivity index (χ1) is 12.6. The topological polar surface area (TPSA) is 59.6 Å². The fraction of sp³-hybridized carbons (Fsp3) is 0.409. The maximum atomic E-state index is 6.20. The predicted molar refractivity (Wildman–Crippen MR) is 124 cm³/mol. The molecule has 0 radical (unpaired) electrons. The van der Waals surface area contributed by atoms with Crippen molar-refractivity contribution in [1.82, 2.24) is 0 Å². The van der Waals surface area contributed by atoms with Crippen molar-refractivity contribution in [2.75, 3.05) is 25.1 Å². The summed E-state index contributed by atoms with van der Waals surface area (Å²) in [5, 5.41) is 3.24. The smallest absolute Gasteiger partial charge is 0.193 e. The number of nitrogens with one attached hydrogen (secondary N) is 1. The molecule has 0 aliphatic carbocycles. The molecular weight excluding hydrogens is 449 g/mol. The van der Waals surface area contributed by atoms with E-state index in [4.69, 9.17) is 15.5 Å². The number of aliphatic imine (C=N–C) groups is 1. The lowest BCUT2D eigenvalue weighted by atomic mass is 9.72. The second-order valence-corrected chi connectivity index (χ2v) is 7.09. The number of benzene rings is 2. The normalized spacial score (nSPS) is 16.4. The number of nitrogens with zero attached hydrogens (tertiary/aromatic N) is 1. The number of anilines is 1. The van der Waals surface area contributed by atoms with Gasteiger partial charge in [0, 0.05) is 24.3 Å². The molecule has 1 aliphatic heterocycles. The number of guanidine groups is 1. The van der Waals surface area contributed by atoms with Crippen LogP contribution in [0.2, 0.25) is 0 Å². The van der Waals surface area contributed by atoms with Crippen LogP contribution in [0.3, 0.4) is 0 Å². The van der Waals surface area contributed by atoms with E-state index in [9.17, 15) is 0 Å². The molecule has 0 spiro atoms. The fourth-order valence-corrected chi connectivity index (χ4v) is 3.74. The van der Waals surface area contributed by atoms with Gasteiger partial charge in [-0.1, -0.05) is 43.3 Å². The van der Waals surface area contributed by atoms with Gasteiger partial charge in [-0.2, -0.15) is 0 Å². The second kappa shape index (κ2) is 10.1. The van der Waals surface area contributed by atoms with E-state index >= 15 is 0 Å². The Morgan fingerprint density at radius 3 is 2.59 bits per heavy atom. The summed E-state index contributed by atoms with van der Waals surface area (Å²) in [6, 6.07) is 16.9. The monoisotopic (exact) mass is 479 g/mol. The quantitative estimate of drug-likeness (QED) is 0.373. The van der Waals surface area contributed by atoms with E-state index in [2.05, 4.69) is 55.6 Å². The number of aryl methyl sites for hydroxylation is 2. The number of hydrogen-bond acceptors (Lipinski definition) is 2. The Morgan fingerprint density at radius 1 is 1.15 bits per heavy atom. The Bertz CT molecular complexity index is 770. The third kappa shape index (κ3) is 5.45. The molecule has 1 heterocycles. The molecule has 3 N–H and O–H groups in total. The zero-order chi connectivity index (χ0) is 18.4. The van der Waals surface area contributed by atoms with Crippen LogP contribution in [0.4, 0.5) is 5.69 Å². The van der Waals surface area contributed by atoms with Crippen molar-refractivity contribution in [3.05, 3.63) is 65.2 Å². The van der Waals surface area contributed by atoms with Gasteiger partial charge in [0.05, 0.1) is 6.54 Å². The van der Waals surface area contributed by atoms with Crippen molar-refractivity contribution < 1.29 is 4.74 Å². The van der Waals surface area contributed by atoms with Gasteiger partial charge in [-0.15, -0.1) is 24.0 Å². The molecule has 0 amide bonds. The number of hydrogen-bond donors (Lipinski definition) is 2. The van der Waals surface area contributed by atoms with Crippen molar-refractivity contribution in [3.8, 4) is 0 Å². The molecule has 0 atom stereocenters. The first-order valence-corrected chi connectivity index (χ1v) is 9.43. The van der Waals surface area contributed by atoms with Gasteiger partial charge in [-0.05, 0) is 55.0 Å². The minimum Gasteiger partial charge on any atom is -0.381 e. The van der Waals surface area contributed by atoms with Gasteiger partial charge in [0.1, 0.15) is 0 Å². The lowest BCUT2D eigenvalue weighted by Crippen LogP contribution is -2.38. The Balaban J connectivity index is 0.00000261. The van der Waals surface area contributed by atoms with Gasteiger partial charge in [-0.3, -0.25) is 4.99 Å². The molecule has 0 unspecified atom stereocenters. The minimum atomic E-state index is 0. The molecule has 27 heavy (non-hydrogen) atoms. The third-order valence-electron chi connectivity index (χ3n) is 5.33. The molecule has 3 rings (SSSR count). The maximum absolute atomic E-state index is 6.20. The van der Waals surface area contributed by atoms with Gasteiger partial charge < -0.3 is 15.8 Å². The van der Waals surface area contributed by atoms with Crippen LogP contribution in [-0.4, -0.2) is 25.7 Å². The van der Waals surface area contributed by atoms with Crippen LogP contribution in [0.5, 0.6) is 0 Å². The zero-order valence-corrected chi connectivity index (χ0v) is 18.5. The highest BCUT2D eigenvalue weighted by Gasteiger charge is 2.35. The predicted octanol–water partition coefficient (Wildman–Crippen LogP) is 4.65. The molecule has 0 saturated carbocycles. The van der Waals surface area contributed by atoms with Crippen molar-refractivity contribution in [3.63, 3.8) is 0 Å². The van der Waals surface area contributed by atoms with E-state index in [0.717, 1.165) is 38.2 Å². The van der Waals surface area contributed by atoms with E-state index < -0.39 is 0 Å². The maximum Gasteiger partial charge on any atom is 0.193 e. The molecule has 4 nitrogen and oxygen atoms in total. The summed E-state index contributed by atoms with van der Waals surface area (Å²) in [5.41, 5.74) is 11.1. The minimum absolute atomic E-state index is 0. The van der Waals surface area contributed by atoms with Crippen LogP contribution in [0.25, 0.3) is 0 Å². The van der Waals surface area contributed by atoms with Crippen molar-refractivity contribution >= 4 is 35.6 Å². The number of ether oxygens (including phenoxy) is 1. The standard InChI is InChI=1S/C22H29N3O.HI/c1-3-18-8-6-9-19(15-18)25-21(23)24-16-22(11-13-26-14-12-22)20-10-5-4-7-17(20)2;/h4-10,15H,3,11-14,16H2,1-2H3,(H3,23,24,25);1H. The van der Waals surface area contributed by atoms with Crippen LogP contribution in [0.15, 0.2) is 53.5 Å². The van der Waals surface area contributed by atoms with E-state index in [-0.39, 0.29) is 29.4 Å². The molecule has 1 saturated heterocycles. The summed E-state index contributed by atoms with van der Waals surface area (Å²) in [5.74, 6) is 0.470. The average molecular weight is 479 g/mol. The second-order valence-electron chi connectivity index (χ2n) is 7.09. The number of nitrogens with two attached hydrogens (primary N) is 1.